The molecule has 2 amide bonds. The molecule has 4 aromatic rings. The van der Waals surface area contributed by atoms with Crippen molar-refractivity contribution >= 4 is 28.6 Å². The number of benzene rings is 2. The quantitative estimate of drug-likeness (QED) is 0.363. The van der Waals surface area contributed by atoms with Gasteiger partial charge in [-0.2, -0.15) is 0 Å². The Hall–Kier alpha value is -4.26. The van der Waals surface area contributed by atoms with Gasteiger partial charge in [0, 0.05) is 49.2 Å². The average Bonchev–Trinajstić information content (AvgIpc) is 3.33. The first kappa shape index (κ1) is 22.5. The lowest BCUT2D eigenvalue weighted by Gasteiger charge is -2.39. The van der Waals surface area contributed by atoms with Crippen LogP contribution < -0.4 is 0 Å². The molecular formula is C28H26N4O3. The molecule has 1 saturated heterocycles. The van der Waals surface area contributed by atoms with Gasteiger partial charge in [-0.3, -0.25) is 19.4 Å². The molecule has 1 atom stereocenters. The molecule has 1 aliphatic heterocycles. The number of aromatic nitrogens is 2. The van der Waals surface area contributed by atoms with Gasteiger partial charge in [-0.25, -0.2) is 0 Å². The van der Waals surface area contributed by atoms with E-state index >= 15 is 0 Å². The maximum Gasteiger partial charge on any atom is 0.295 e. The summed E-state index contributed by atoms with van der Waals surface area (Å²) in [7, 11) is 0. The molecule has 0 unspecified atom stereocenters. The predicted molar refractivity (Wildman–Crippen MR) is 134 cm³/mol. The number of pyridine rings is 1. The molecule has 2 aromatic heterocycles. The number of H-pyrrole nitrogens is 1. The fourth-order valence-corrected chi connectivity index (χ4v) is 4.62. The number of nitrogens with one attached hydrogen (secondary N) is 1. The Morgan fingerprint density at radius 3 is 2.43 bits per heavy atom. The average molecular weight is 467 g/mol. The molecular weight excluding hydrogens is 440 g/mol. The molecule has 7 heteroatoms. The summed E-state index contributed by atoms with van der Waals surface area (Å²) in [6.07, 6.45) is 3.22. The van der Waals surface area contributed by atoms with Crippen LogP contribution in [0.15, 0.2) is 73.1 Å². The van der Waals surface area contributed by atoms with Crippen LogP contribution in [0.3, 0.4) is 0 Å². The highest BCUT2D eigenvalue weighted by Crippen LogP contribution is 2.29. The smallest absolute Gasteiger partial charge is 0.295 e. The van der Waals surface area contributed by atoms with E-state index in [1.165, 1.54) is 0 Å². The lowest BCUT2D eigenvalue weighted by atomic mass is 10.0. The fraction of sp³-hybridized carbons (Fsp3) is 0.214. The number of hydrogen-bond acceptors (Lipinski definition) is 4. The Labute approximate surface area is 203 Å². The van der Waals surface area contributed by atoms with Gasteiger partial charge in [-0.05, 0) is 37.6 Å². The number of carbonyl (C=O) groups excluding carboxylic acids is 3. The minimum absolute atomic E-state index is 0.0691. The van der Waals surface area contributed by atoms with Crippen molar-refractivity contribution in [2.24, 2.45) is 0 Å². The number of rotatable bonds is 4. The minimum atomic E-state index is -0.598. The molecule has 0 aliphatic carbocycles. The van der Waals surface area contributed by atoms with Crippen LogP contribution in [-0.4, -0.2) is 63.0 Å². The van der Waals surface area contributed by atoms with Gasteiger partial charge in [-0.15, -0.1) is 0 Å². The number of amides is 2. The summed E-state index contributed by atoms with van der Waals surface area (Å²) in [6.45, 7) is 4.94. The number of piperazine rings is 1. The van der Waals surface area contributed by atoms with Gasteiger partial charge < -0.3 is 14.8 Å². The largest absolute Gasteiger partial charge is 0.359 e. The van der Waals surface area contributed by atoms with E-state index < -0.39 is 11.7 Å². The number of fused-ring (bicyclic) bond motifs is 1. The van der Waals surface area contributed by atoms with Crippen molar-refractivity contribution in [3.05, 3.63) is 89.7 Å². The Morgan fingerprint density at radius 2 is 1.71 bits per heavy atom. The summed E-state index contributed by atoms with van der Waals surface area (Å²) in [5.74, 6) is -1.24. The number of ketones is 1. The summed E-state index contributed by atoms with van der Waals surface area (Å²) < 4.78 is 0. The highest BCUT2D eigenvalue weighted by Gasteiger charge is 2.34. The molecule has 2 aromatic carbocycles. The number of carbonyl (C=O) groups is 3. The van der Waals surface area contributed by atoms with E-state index in [4.69, 9.17) is 0 Å². The summed E-state index contributed by atoms with van der Waals surface area (Å²) in [5, 5.41) is 0. The van der Waals surface area contributed by atoms with E-state index in [2.05, 4.69) is 9.97 Å². The highest BCUT2D eigenvalue weighted by atomic mass is 16.2. The van der Waals surface area contributed by atoms with Gasteiger partial charge in [0.05, 0.1) is 16.6 Å². The lowest BCUT2D eigenvalue weighted by molar-refractivity contribution is -0.130. The zero-order valence-electron chi connectivity index (χ0n) is 19.7. The number of aryl methyl sites for hydroxylation is 1. The van der Waals surface area contributed by atoms with E-state index in [9.17, 15) is 14.4 Å². The fourth-order valence-electron chi connectivity index (χ4n) is 4.62. The summed E-state index contributed by atoms with van der Waals surface area (Å²) in [5.41, 5.74) is 5.15. The van der Waals surface area contributed by atoms with E-state index in [0.717, 1.165) is 22.2 Å². The van der Waals surface area contributed by atoms with Crippen LogP contribution in [0.4, 0.5) is 0 Å². The Balaban J connectivity index is 1.35. The number of aromatic amines is 1. The predicted octanol–water partition coefficient (Wildman–Crippen LogP) is 4.09. The third-order valence-electron chi connectivity index (χ3n) is 6.56. The minimum Gasteiger partial charge on any atom is -0.359 e. The van der Waals surface area contributed by atoms with Crippen molar-refractivity contribution in [2.75, 3.05) is 19.6 Å². The van der Waals surface area contributed by atoms with Crippen LogP contribution in [0, 0.1) is 6.92 Å². The Bertz CT molecular complexity index is 1410. The first-order chi connectivity index (χ1) is 16.9. The second-order valence-electron chi connectivity index (χ2n) is 8.94. The second-order valence-corrected chi connectivity index (χ2v) is 8.94. The number of Topliss-reactive ketones (excluding diaryl/α,β-unsaturated/α-hetero) is 1. The van der Waals surface area contributed by atoms with Crippen LogP contribution in [-0.2, 0) is 4.79 Å². The molecule has 5 rings (SSSR count). The van der Waals surface area contributed by atoms with Crippen molar-refractivity contribution in [1.29, 1.82) is 0 Å². The topological polar surface area (TPSA) is 86.4 Å². The zero-order valence-corrected chi connectivity index (χ0v) is 19.7. The lowest BCUT2D eigenvalue weighted by Crippen LogP contribution is -2.56. The van der Waals surface area contributed by atoms with Crippen LogP contribution in [0.2, 0.25) is 0 Å². The van der Waals surface area contributed by atoms with Gasteiger partial charge in [0.15, 0.2) is 0 Å². The molecule has 0 bridgehead atoms. The van der Waals surface area contributed by atoms with E-state index in [-0.39, 0.29) is 17.5 Å². The molecule has 35 heavy (non-hydrogen) atoms. The van der Waals surface area contributed by atoms with Crippen LogP contribution in [0.1, 0.15) is 33.2 Å². The SMILES string of the molecule is Cc1ccc(-c2ccnc3c(C(=O)C(=O)N4CCN(C(=O)c5ccccc5)C[C@H]4C)c[nH]c23)cc1. The molecule has 1 N–H and O–H groups in total. The standard InChI is InChI=1S/C28H26N4O3/c1-18-8-10-20(11-9-18)22-12-13-29-25-23(16-30-24(22)25)26(33)28(35)32-15-14-31(17-19(32)2)27(34)21-6-4-3-5-7-21/h3-13,16,19,30H,14-15,17H2,1-2H3/t19-/m1/s1. The van der Waals surface area contributed by atoms with Gasteiger partial charge in [0.2, 0.25) is 0 Å². The summed E-state index contributed by atoms with van der Waals surface area (Å²) in [6, 6.07) is 18.8. The van der Waals surface area contributed by atoms with E-state index in [0.29, 0.717) is 30.7 Å². The molecule has 0 saturated carbocycles. The van der Waals surface area contributed by atoms with Gasteiger partial charge in [0.25, 0.3) is 17.6 Å². The molecule has 1 fully saturated rings. The molecule has 1 aliphatic rings. The normalized spacial score (nSPS) is 15.9. The van der Waals surface area contributed by atoms with Crippen LogP contribution >= 0.6 is 0 Å². The zero-order chi connectivity index (χ0) is 24.5. The maximum absolute atomic E-state index is 13.3. The van der Waals surface area contributed by atoms with Crippen molar-refractivity contribution in [3.8, 4) is 11.1 Å². The van der Waals surface area contributed by atoms with Crippen LogP contribution in [0.5, 0.6) is 0 Å². The highest BCUT2D eigenvalue weighted by molar-refractivity contribution is 6.44. The number of nitrogens with zero attached hydrogens (tertiary/aromatic N) is 3. The Kier molecular flexibility index (Phi) is 5.91. The van der Waals surface area contributed by atoms with Crippen molar-refractivity contribution in [1.82, 2.24) is 19.8 Å². The number of hydrogen-bond donors (Lipinski definition) is 1. The summed E-state index contributed by atoms with van der Waals surface area (Å²) in [4.78, 5) is 50.1. The van der Waals surface area contributed by atoms with Crippen molar-refractivity contribution < 1.29 is 14.4 Å². The molecule has 7 nitrogen and oxygen atoms in total. The van der Waals surface area contributed by atoms with E-state index in [1.54, 1.807) is 34.3 Å². The molecule has 176 valence electrons. The first-order valence-electron chi connectivity index (χ1n) is 11.7. The molecule has 3 heterocycles. The molecule has 0 spiro atoms. The molecule has 0 radical (unpaired) electrons. The maximum atomic E-state index is 13.3. The van der Waals surface area contributed by atoms with Gasteiger partial charge in [-0.1, -0.05) is 48.0 Å². The third-order valence-corrected chi connectivity index (χ3v) is 6.56. The monoisotopic (exact) mass is 466 g/mol. The van der Waals surface area contributed by atoms with Gasteiger partial charge >= 0.3 is 0 Å². The first-order valence-corrected chi connectivity index (χ1v) is 11.7. The second kappa shape index (κ2) is 9.18. The van der Waals surface area contributed by atoms with E-state index in [1.807, 2.05) is 62.4 Å². The summed E-state index contributed by atoms with van der Waals surface area (Å²) >= 11 is 0. The van der Waals surface area contributed by atoms with Crippen LogP contribution in [0.25, 0.3) is 22.2 Å². The van der Waals surface area contributed by atoms with Crippen molar-refractivity contribution in [3.63, 3.8) is 0 Å². The van der Waals surface area contributed by atoms with Gasteiger partial charge in [0.1, 0.15) is 0 Å². The van der Waals surface area contributed by atoms with Crippen molar-refractivity contribution in [2.45, 2.75) is 19.9 Å². The Morgan fingerprint density at radius 1 is 0.971 bits per heavy atom. The third kappa shape index (κ3) is 4.21.